The van der Waals surface area contributed by atoms with Crippen molar-refractivity contribution in [3.05, 3.63) is 29.3 Å². The molecule has 1 aromatic rings. The fraction of sp³-hybridized carbons (Fsp3) is 0.750. The average molecular weight is 416 g/mol. The molecule has 2 saturated heterocycles. The maximum absolute atomic E-state index is 12.5. The Bertz CT molecular complexity index is 835. The van der Waals surface area contributed by atoms with Crippen LogP contribution in [0.1, 0.15) is 49.7 Å². The molecule has 3 aliphatic carbocycles. The maximum Gasteiger partial charge on any atom is 0.172 e. The Labute approximate surface area is 177 Å². The number of benzene rings is 1. The highest BCUT2D eigenvalue weighted by Gasteiger charge is 2.70. The van der Waals surface area contributed by atoms with Crippen LogP contribution in [0.25, 0.3) is 0 Å². The van der Waals surface area contributed by atoms with Crippen molar-refractivity contribution in [2.75, 3.05) is 32.9 Å². The molecule has 2 saturated carbocycles. The summed E-state index contributed by atoms with van der Waals surface area (Å²) < 4.78 is 12.5. The molecule has 2 aliphatic heterocycles. The van der Waals surface area contributed by atoms with E-state index in [1.807, 2.05) is 12.1 Å². The Hall–Kier alpha value is -1.18. The van der Waals surface area contributed by atoms with Gasteiger partial charge in [-0.25, -0.2) is 0 Å². The molecule has 6 nitrogen and oxygen atoms in total. The Balaban J connectivity index is 1.49. The van der Waals surface area contributed by atoms with Gasteiger partial charge in [0.05, 0.1) is 18.8 Å². The number of nitrogens with zero attached hydrogens (tertiary/aromatic N) is 1. The fourth-order valence-corrected chi connectivity index (χ4v) is 7.29. The van der Waals surface area contributed by atoms with Crippen molar-refractivity contribution in [3.8, 4) is 5.75 Å². The van der Waals surface area contributed by atoms with Crippen molar-refractivity contribution in [2.45, 2.75) is 67.8 Å². The van der Waals surface area contributed by atoms with Crippen molar-refractivity contribution in [1.82, 2.24) is 4.90 Å². The highest BCUT2D eigenvalue weighted by Crippen LogP contribution is 2.63. The van der Waals surface area contributed by atoms with Crippen LogP contribution in [-0.4, -0.2) is 70.6 Å². The summed E-state index contributed by atoms with van der Waals surface area (Å²) in [6, 6.07) is 5.75. The quantitative estimate of drug-likeness (QED) is 0.697. The Morgan fingerprint density at radius 1 is 1.17 bits per heavy atom. The number of piperidine rings is 1. The van der Waals surface area contributed by atoms with Gasteiger partial charge in [0.25, 0.3) is 0 Å². The number of aromatic hydroxyl groups is 1. The second-order valence-corrected chi connectivity index (χ2v) is 10.4. The molecule has 1 aromatic carbocycles. The van der Waals surface area contributed by atoms with E-state index in [-0.39, 0.29) is 24.3 Å². The first-order chi connectivity index (χ1) is 14.5. The number of hydrogen-bond acceptors (Lipinski definition) is 6. The van der Waals surface area contributed by atoms with E-state index in [2.05, 4.69) is 4.90 Å². The number of hydrogen-bond donors (Lipinski definition) is 3. The maximum atomic E-state index is 12.5. The van der Waals surface area contributed by atoms with Crippen LogP contribution in [0.4, 0.5) is 0 Å². The average Bonchev–Trinajstić information content (AvgIpc) is 3.42. The zero-order valence-corrected chi connectivity index (χ0v) is 17.6. The molecule has 0 aromatic heterocycles. The summed E-state index contributed by atoms with van der Waals surface area (Å²) in [7, 11) is 0. The molecular weight excluding hydrogens is 382 g/mol. The van der Waals surface area contributed by atoms with Crippen molar-refractivity contribution in [3.63, 3.8) is 0 Å². The van der Waals surface area contributed by atoms with Gasteiger partial charge >= 0.3 is 0 Å². The molecule has 5 aliphatic rings. The van der Waals surface area contributed by atoms with Gasteiger partial charge in [0, 0.05) is 36.9 Å². The topological polar surface area (TPSA) is 82.4 Å². The molecule has 30 heavy (non-hydrogen) atoms. The van der Waals surface area contributed by atoms with Crippen LogP contribution in [0.2, 0.25) is 0 Å². The third kappa shape index (κ3) is 2.61. The number of aliphatic hydroxyl groups excluding tert-OH is 1. The fourth-order valence-electron chi connectivity index (χ4n) is 7.29. The lowest BCUT2D eigenvalue weighted by Crippen LogP contribution is -2.76. The number of ether oxygens (including phenoxy) is 2. The monoisotopic (exact) mass is 415 g/mol. The van der Waals surface area contributed by atoms with E-state index in [0.29, 0.717) is 32.5 Å². The van der Waals surface area contributed by atoms with Gasteiger partial charge in [0.15, 0.2) is 5.79 Å². The van der Waals surface area contributed by atoms with E-state index < -0.39 is 16.8 Å². The Morgan fingerprint density at radius 2 is 1.97 bits per heavy atom. The van der Waals surface area contributed by atoms with Crippen molar-refractivity contribution in [1.29, 1.82) is 0 Å². The Morgan fingerprint density at radius 3 is 2.70 bits per heavy atom. The summed E-state index contributed by atoms with van der Waals surface area (Å²) in [6.45, 7) is 3.20. The predicted octanol–water partition coefficient (Wildman–Crippen LogP) is 1.94. The van der Waals surface area contributed by atoms with Crippen LogP contribution in [0.3, 0.4) is 0 Å². The second kappa shape index (κ2) is 6.66. The Kier molecular flexibility index (Phi) is 4.33. The summed E-state index contributed by atoms with van der Waals surface area (Å²) >= 11 is 0. The van der Waals surface area contributed by atoms with Gasteiger partial charge in [-0.1, -0.05) is 6.07 Å². The molecule has 2 heterocycles. The first-order valence-corrected chi connectivity index (χ1v) is 11.7. The highest BCUT2D eigenvalue weighted by atomic mass is 16.7. The van der Waals surface area contributed by atoms with Crippen LogP contribution in [0.15, 0.2) is 18.2 Å². The van der Waals surface area contributed by atoms with E-state index in [0.717, 1.165) is 37.4 Å². The van der Waals surface area contributed by atoms with Gasteiger partial charge in [-0.3, -0.25) is 4.90 Å². The number of fused-ring (bicyclic) bond motifs is 1. The minimum Gasteiger partial charge on any atom is -0.508 e. The molecule has 0 radical (unpaired) electrons. The van der Waals surface area contributed by atoms with Gasteiger partial charge < -0.3 is 24.8 Å². The van der Waals surface area contributed by atoms with Crippen molar-refractivity contribution in [2.24, 2.45) is 11.8 Å². The van der Waals surface area contributed by atoms with Crippen LogP contribution >= 0.6 is 0 Å². The molecule has 4 fully saturated rings. The smallest absolute Gasteiger partial charge is 0.172 e. The van der Waals surface area contributed by atoms with Crippen LogP contribution in [-0.2, 0) is 21.3 Å². The van der Waals surface area contributed by atoms with Gasteiger partial charge in [0.2, 0.25) is 0 Å². The third-order valence-electron chi connectivity index (χ3n) is 8.84. The minimum absolute atomic E-state index is 0.0367. The summed E-state index contributed by atoms with van der Waals surface area (Å²) in [5.41, 5.74) is 0.895. The lowest BCUT2D eigenvalue weighted by atomic mass is 9.46. The number of phenols is 1. The van der Waals surface area contributed by atoms with E-state index in [9.17, 15) is 15.3 Å². The summed E-state index contributed by atoms with van der Waals surface area (Å²) in [5.74, 6) is 0.236. The summed E-state index contributed by atoms with van der Waals surface area (Å²) in [6.07, 6.45) is 5.97. The van der Waals surface area contributed by atoms with Crippen molar-refractivity contribution < 1.29 is 24.8 Å². The highest BCUT2D eigenvalue weighted by molar-refractivity contribution is 5.49. The number of aliphatic hydroxyl groups is 2. The van der Waals surface area contributed by atoms with Gasteiger partial charge in [-0.15, -0.1) is 0 Å². The van der Waals surface area contributed by atoms with E-state index >= 15 is 0 Å². The van der Waals surface area contributed by atoms with Gasteiger partial charge in [0.1, 0.15) is 5.75 Å². The van der Waals surface area contributed by atoms with Gasteiger partial charge in [-0.05, 0) is 74.2 Å². The largest absolute Gasteiger partial charge is 0.508 e. The molecule has 164 valence electrons. The third-order valence-corrected chi connectivity index (χ3v) is 8.84. The lowest BCUT2D eigenvalue weighted by molar-refractivity contribution is -0.288. The summed E-state index contributed by atoms with van der Waals surface area (Å²) in [5, 5.41) is 32.6. The van der Waals surface area contributed by atoms with Gasteiger partial charge in [-0.2, -0.15) is 0 Å². The molecule has 2 bridgehead atoms. The molecule has 3 N–H and O–H groups in total. The van der Waals surface area contributed by atoms with Crippen molar-refractivity contribution >= 4 is 0 Å². The zero-order valence-electron chi connectivity index (χ0n) is 17.6. The molecular formula is C24H33NO5. The normalized spacial score (nSPS) is 39.7. The molecule has 0 unspecified atom stereocenters. The SMILES string of the molecule is OCC[C@H]1C[C@@]2(O)[C@H]3Cc4ccc(O)cc4[C@@]2(CCN3CC2CC2)CC12OCCO2. The molecule has 4 atom stereocenters. The van der Waals surface area contributed by atoms with E-state index in [4.69, 9.17) is 9.47 Å². The minimum atomic E-state index is -0.915. The van der Waals surface area contributed by atoms with Crippen LogP contribution in [0.5, 0.6) is 5.75 Å². The second-order valence-electron chi connectivity index (χ2n) is 10.4. The zero-order chi connectivity index (χ0) is 20.6. The molecule has 6 rings (SSSR count). The number of phenolic OH excluding ortho intramolecular Hbond substituents is 1. The molecule has 0 amide bonds. The lowest BCUT2D eigenvalue weighted by Gasteiger charge is -2.67. The number of rotatable bonds is 4. The summed E-state index contributed by atoms with van der Waals surface area (Å²) in [4.78, 5) is 2.54. The van der Waals surface area contributed by atoms with Crippen LogP contribution in [0, 0.1) is 11.8 Å². The predicted molar refractivity (Wildman–Crippen MR) is 110 cm³/mol. The first kappa shape index (κ1) is 19.5. The van der Waals surface area contributed by atoms with Crippen LogP contribution < -0.4 is 0 Å². The molecule has 1 spiro atoms. The van der Waals surface area contributed by atoms with E-state index in [1.54, 1.807) is 6.07 Å². The standard InChI is InChI=1S/C24H33NO5/c26-8-5-18-13-23(28)21-11-17-3-4-19(27)12-20(17)22(23,15-24(18)29-9-10-30-24)6-7-25(21)14-16-1-2-16/h3-4,12,16,18,21,26-28H,1-2,5-11,13-15H2/t18-,21+,22+,23+/m0/s1. The first-order valence-electron chi connectivity index (χ1n) is 11.7. The van der Waals surface area contributed by atoms with E-state index in [1.165, 1.54) is 18.4 Å². The number of likely N-dealkylation sites (tertiary alicyclic amines) is 1. The molecule has 6 heteroatoms.